The zero-order chi connectivity index (χ0) is 16.0. The average Bonchev–Trinajstić information content (AvgIpc) is 2.37. The number of benzene rings is 1. The van der Waals surface area contributed by atoms with Gasteiger partial charge in [-0.15, -0.1) is 13.2 Å². The van der Waals surface area contributed by atoms with E-state index in [1.54, 1.807) is 0 Å². The third-order valence-electron chi connectivity index (χ3n) is 2.34. The molecule has 0 aliphatic carbocycles. The van der Waals surface area contributed by atoms with Gasteiger partial charge in [0.1, 0.15) is 5.75 Å². The first-order chi connectivity index (χ1) is 9.69. The van der Waals surface area contributed by atoms with Gasteiger partial charge in [-0.3, -0.25) is 4.79 Å². The zero-order valence-electron chi connectivity index (χ0n) is 10.6. The molecule has 21 heavy (non-hydrogen) atoms. The standard InChI is InChI=1S/C12H12F3NO5/c13-12(14,15)21-8-3-1-7(2-4-8)10(18)16-6-5-9(17)11(19)20/h1-4,9,17H,5-6H2,(H,16,18)(H,19,20)/t9-/m0/s1. The van der Waals surface area contributed by atoms with Crippen LogP contribution in [0.2, 0.25) is 0 Å². The van der Waals surface area contributed by atoms with Gasteiger partial charge in [0.25, 0.3) is 5.91 Å². The minimum absolute atomic E-state index is 0.0781. The van der Waals surface area contributed by atoms with Gasteiger partial charge >= 0.3 is 12.3 Å². The van der Waals surface area contributed by atoms with Gasteiger partial charge in [0.2, 0.25) is 0 Å². The molecule has 9 heteroatoms. The van der Waals surface area contributed by atoms with Crippen molar-refractivity contribution in [2.45, 2.75) is 18.9 Å². The van der Waals surface area contributed by atoms with E-state index in [0.29, 0.717) is 0 Å². The van der Waals surface area contributed by atoms with Crippen LogP contribution in [0.25, 0.3) is 0 Å². The van der Waals surface area contributed by atoms with Gasteiger partial charge < -0.3 is 20.3 Å². The number of halogens is 3. The maximum atomic E-state index is 11.9. The molecule has 1 aromatic carbocycles. The van der Waals surface area contributed by atoms with E-state index in [-0.39, 0.29) is 18.5 Å². The summed E-state index contributed by atoms with van der Waals surface area (Å²) < 4.78 is 39.4. The summed E-state index contributed by atoms with van der Waals surface area (Å²) in [6.45, 7) is -0.0902. The summed E-state index contributed by atoms with van der Waals surface area (Å²) in [6.07, 6.45) is -6.58. The van der Waals surface area contributed by atoms with E-state index in [1.165, 1.54) is 0 Å². The molecule has 0 aliphatic heterocycles. The lowest BCUT2D eigenvalue weighted by atomic mass is 10.2. The number of amides is 1. The minimum atomic E-state index is -4.81. The highest BCUT2D eigenvalue weighted by molar-refractivity contribution is 5.94. The molecule has 0 saturated heterocycles. The third-order valence-corrected chi connectivity index (χ3v) is 2.34. The van der Waals surface area contributed by atoms with Gasteiger partial charge in [-0.25, -0.2) is 4.79 Å². The number of hydrogen-bond acceptors (Lipinski definition) is 4. The number of carbonyl (C=O) groups is 2. The minimum Gasteiger partial charge on any atom is -0.479 e. The van der Waals surface area contributed by atoms with Crippen LogP contribution in [0, 0.1) is 0 Å². The van der Waals surface area contributed by atoms with Gasteiger partial charge in [-0.05, 0) is 24.3 Å². The van der Waals surface area contributed by atoms with Crippen molar-refractivity contribution in [2.24, 2.45) is 0 Å². The number of hydrogen-bond donors (Lipinski definition) is 3. The molecule has 0 unspecified atom stereocenters. The summed E-state index contributed by atoms with van der Waals surface area (Å²) in [7, 11) is 0. The van der Waals surface area contributed by atoms with E-state index in [4.69, 9.17) is 10.2 Å². The molecule has 116 valence electrons. The molecule has 1 aromatic rings. The SMILES string of the molecule is O=C(NCC[C@H](O)C(=O)O)c1ccc(OC(F)(F)F)cc1. The molecule has 1 rings (SSSR count). The van der Waals surface area contributed by atoms with Crippen molar-refractivity contribution >= 4 is 11.9 Å². The number of aliphatic hydroxyl groups is 1. The Bertz CT molecular complexity index is 501. The van der Waals surface area contributed by atoms with Crippen molar-refractivity contribution in [1.29, 1.82) is 0 Å². The highest BCUT2D eigenvalue weighted by Gasteiger charge is 2.31. The summed E-state index contributed by atoms with van der Waals surface area (Å²) in [5, 5.41) is 19.7. The molecule has 0 radical (unpaired) electrons. The van der Waals surface area contributed by atoms with Crippen LogP contribution in [-0.4, -0.2) is 41.1 Å². The number of carboxylic acid groups (broad SMARTS) is 1. The number of carboxylic acids is 1. The van der Waals surface area contributed by atoms with Gasteiger partial charge in [-0.1, -0.05) is 0 Å². The Morgan fingerprint density at radius 3 is 2.29 bits per heavy atom. The lowest BCUT2D eigenvalue weighted by molar-refractivity contribution is -0.274. The fourth-order valence-electron chi connectivity index (χ4n) is 1.36. The summed E-state index contributed by atoms with van der Waals surface area (Å²) in [5.74, 6) is -2.47. The van der Waals surface area contributed by atoms with Crippen LogP contribution in [0.3, 0.4) is 0 Å². The Labute approximate surface area is 117 Å². The predicted octanol–water partition coefficient (Wildman–Crippen LogP) is 1.15. The third kappa shape index (κ3) is 6.13. The van der Waals surface area contributed by atoms with Crippen molar-refractivity contribution in [1.82, 2.24) is 5.32 Å². The highest BCUT2D eigenvalue weighted by atomic mass is 19.4. The Balaban J connectivity index is 2.50. The van der Waals surface area contributed by atoms with E-state index < -0.39 is 30.1 Å². The van der Waals surface area contributed by atoms with Crippen LogP contribution < -0.4 is 10.1 Å². The Kier molecular flexibility index (Phi) is 5.53. The molecule has 0 bridgehead atoms. The zero-order valence-corrected chi connectivity index (χ0v) is 10.6. The topological polar surface area (TPSA) is 95.9 Å². The second-order valence-electron chi connectivity index (χ2n) is 3.97. The van der Waals surface area contributed by atoms with Crippen molar-refractivity contribution in [3.05, 3.63) is 29.8 Å². The number of ether oxygens (including phenoxy) is 1. The number of aliphatic hydroxyl groups excluding tert-OH is 1. The van der Waals surface area contributed by atoms with E-state index in [9.17, 15) is 22.8 Å². The first kappa shape index (κ1) is 16.8. The fraction of sp³-hybridized carbons (Fsp3) is 0.333. The largest absolute Gasteiger partial charge is 0.573 e. The molecule has 0 aliphatic rings. The van der Waals surface area contributed by atoms with E-state index in [0.717, 1.165) is 24.3 Å². The van der Waals surface area contributed by atoms with Crippen molar-refractivity contribution in [3.8, 4) is 5.75 Å². The number of aliphatic carboxylic acids is 1. The predicted molar refractivity (Wildman–Crippen MR) is 63.7 cm³/mol. The second-order valence-corrected chi connectivity index (χ2v) is 3.97. The molecule has 0 fully saturated rings. The molecule has 1 amide bonds. The van der Waals surface area contributed by atoms with E-state index in [1.807, 2.05) is 0 Å². The van der Waals surface area contributed by atoms with Crippen LogP contribution in [0.4, 0.5) is 13.2 Å². The second kappa shape index (κ2) is 6.93. The average molecular weight is 307 g/mol. The van der Waals surface area contributed by atoms with Crippen LogP contribution in [0.15, 0.2) is 24.3 Å². The van der Waals surface area contributed by atoms with Crippen molar-refractivity contribution < 1.29 is 37.7 Å². The number of nitrogens with one attached hydrogen (secondary N) is 1. The van der Waals surface area contributed by atoms with Gasteiger partial charge in [-0.2, -0.15) is 0 Å². The van der Waals surface area contributed by atoms with Gasteiger partial charge in [0.05, 0.1) is 0 Å². The molecule has 0 heterocycles. The Hall–Kier alpha value is -2.29. The van der Waals surface area contributed by atoms with E-state index >= 15 is 0 Å². The molecular weight excluding hydrogens is 295 g/mol. The van der Waals surface area contributed by atoms with Crippen LogP contribution >= 0.6 is 0 Å². The fourth-order valence-corrected chi connectivity index (χ4v) is 1.36. The molecular formula is C12H12F3NO5. The molecule has 1 atom stereocenters. The first-order valence-corrected chi connectivity index (χ1v) is 5.74. The van der Waals surface area contributed by atoms with E-state index in [2.05, 4.69) is 10.1 Å². The molecule has 0 saturated carbocycles. The molecule has 0 aromatic heterocycles. The summed E-state index contributed by atoms with van der Waals surface area (Å²) in [4.78, 5) is 21.9. The summed E-state index contributed by atoms with van der Waals surface area (Å²) in [6, 6.07) is 4.22. The van der Waals surface area contributed by atoms with Crippen LogP contribution in [-0.2, 0) is 4.79 Å². The summed E-state index contributed by atoms with van der Waals surface area (Å²) >= 11 is 0. The number of alkyl halides is 3. The number of rotatable bonds is 6. The monoisotopic (exact) mass is 307 g/mol. The quantitative estimate of drug-likeness (QED) is 0.732. The molecule has 6 nitrogen and oxygen atoms in total. The summed E-state index contributed by atoms with van der Waals surface area (Å²) in [5.41, 5.74) is 0.0781. The van der Waals surface area contributed by atoms with Gasteiger partial charge in [0, 0.05) is 18.5 Å². The van der Waals surface area contributed by atoms with Crippen molar-refractivity contribution in [3.63, 3.8) is 0 Å². The van der Waals surface area contributed by atoms with Crippen LogP contribution in [0.5, 0.6) is 5.75 Å². The van der Waals surface area contributed by atoms with Crippen molar-refractivity contribution in [2.75, 3.05) is 6.54 Å². The first-order valence-electron chi connectivity index (χ1n) is 5.74. The maximum absolute atomic E-state index is 11.9. The Morgan fingerprint density at radius 2 is 1.81 bits per heavy atom. The maximum Gasteiger partial charge on any atom is 0.573 e. The highest BCUT2D eigenvalue weighted by Crippen LogP contribution is 2.22. The normalized spacial score (nSPS) is 12.6. The molecule has 0 spiro atoms. The lowest BCUT2D eigenvalue weighted by Crippen LogP contribution is -2.30. The lowest BCUT2D eigenvalue weighted by Gasteiger charge is -2.10. The molecule has 3 N–H and O–H groups in total. The number of carbonyl (C=O) groups excluding carboxylic acids is 1. The Morgan fingerprint density at radius 1 is 1.24 bits per heavy atom. The van der Waals surface area contributed by atoms with Gasteiger partial charge in [0.15, 0.2) is 6.10 Å². The van der Waals surface area contributed by atoms with Crippen LogP contribution in [0.1, 0.15) is 16.8 Å². The smallest absolute Gasteiger partial charge is 0.479 e.